The van der Waals surface area contributed by atoms with E-state index in [9.17, 15) is 10.2 Å². The highest BCUT2D eigenvalue weighted by Gasteiger charge is 2.25. The summed E-state index contributed by atoms with van der Waals surface area (Å²) in [5, 5.41) is 20.4. The number of aromatic amines is 1. The number of fused-ring (bicyclic) bond motifs is 3. The minimum Gasteiger partial charge on any atom is -0.386 e. The van der Waals surface area contributed by atoms with E-state index in [-0.39, 0.29) is 0 Å². The lowest BCUT2D eigenvalue weighted by atomic mass is 9.96. The molecule has 0 saturated heterocycles. The number of hydrogen-bond acceptors (Lipinski definition) is 2. The summed E-state index contributed by atoms with van der Waals surface area (Å²) in [5.41, 5.74) is 2.66. The lowest BCUT2D eigenvalue weighted by Gasteiger charge is -2.19. The van der Waals surface area contributed by atoms with E-state index >= 15 is 0 Å². The average Bonchev–Trinajstić information content (AvgIpc) is 2.62. The Bertz CT molecular complexity index is 542. The molecule has 0 radical (unpaired) electrons. The van der Waals surface area contributed by atoms with Crippen LogP contribution in [0.1, 0.15) is 17.4 Å². The van der Waals surface area contributed by atoms with Crippen LogP contribution in [0.4, 0.5) is 0 Å². The number of nitrogens with one attached hydrogen (secondary N) is 1. The van der Waals surface area contributed by atoms with Crippen LogP contribution < -0.4 is 0 Å². The molecule has 0 amide bonds. The quantitative estimate of drug-likeness (QED) is 0.606. The number of rotatable bonds is 0. The Hall–Kier alpha value is -1.58. The van der Waals surface area contributed by atoms with E-state index in [1.165, 1.54) is 0 Å². The van der Waals surface area contributed by atoms with Crippen molar-refractivity contribution in [3.05, 3.63) is 41.6 Å². The fraction of sp³-hybridized carbons (Fsp3) is 0.167. The van der Waals surface area contributed by atoms with Gasteiger partial charge in [0.05, 0.1) is 0 Å². The predicted molar refractivity (Wildman–Crippen MR) is 58.3 cm³/mol. The summed E-state index contributed by atoms with van der Waals surface area (Å²) in [7, 11) is 0. The standard InChI is InChI=1S/C12H11NO2/c14-10-6-5-9-11(12(10)15)7-3-1-2-4-8(7)13-9/h1-6,10,12-15H. The maximum Gasteiger partial charge on any atom is 0.111 e. The van der Waals surface area contributed by atoms with Crippen molar-refractivity contribution in [3.63, 3.8) is 0 Å². The predicted octanol–water partition coefficient (Wildman–Crippen LogP) is 1.59. The third-order valence-electron chi connectivity index (χ3n) is 2.86. The van der Waals surface area contributed by atoms with Gasteiger partial charge in [0, 0.05) is 22.2 Å². The summed E-state index contributed by atoms with van der Waals surface area (Å²) < 4.78 is 0. The van der Waals surface area contributed by atoms with Gasteiger partial charge >= 0.3 is 0 Å². The number of aromatic nitrogens is 1. The molecule has 0 saturated carbocycles. The summed E-state index contributed by atoms with van der Waals surface area (Å²) in [4.78, 5) is 3.21. The van der Waals surface area contributed by atoms with Crippen LogP contribution in [0.15, 0.2) is 30.3 Å². The third kappa shape index (κ3) is 1.14. The molecule has 0 aliphatic heterocycles. The maximum absolute atomic E-state index is 9.90. The van der Waals surface area contributed by atoms with Crippen LogP contribution in [0, 0.1) is 0 Å². The van der Waals surface area contributed by atoms with Crippen LogP contribution in [0.2, 0.25) is 0 Å². The fourth-order valence-corrected chi connectivity index (χ4v) is 2.11. The van der Waals surface area contributed by atoms with Crippen molar-refractivity contribution in [1.29, 1.82) is 0 Å². The Kier molecular flexibility index (Phi) is 1.71. The number of aliphatic hydroxyl groups excluding tert-OH is 2. The van der Waals surface area contributed by atoms with Gasteiger partial charge in [-0.2, -0.15) is 0 Å². The first-order valence-corrected chi connectivity index (χ1v) is 4.92. The second kappa shape index (κ2) is 2.95. The first kappa shape index (κ1) is 8.71. The van der Waals surface area contributed by atoms with Gasteiger partial charge < -0.3 is 15.2 Å². The van der Waals surface area contributed by atoms with Crippen molar-refractivity contribution in [1.82, 2.24) is 4.98 Å². The normalized spacial score (nSPS) is 24.4. The van der Waals surface area contributed by atoms with Crippen molar-refractivity contribution >= 4 is 17.0 Å². The highest BCUT2D eigenvalue weighted by Crippen LogP contribution is 2.34. The molecule has 0 bridgehead atoms. The van der Waals surface area contributed by atoms with Crippen LogP contribution in [-0.4, -0.2) is 21.3 Å². The first-order valence-electron chi connectivity index (χ1n) is 4.92. The van der Waals surface area contributed by atoms with Gasteiger partial charge in [0.2, 0.25) is 0 Å². The van der Waals surface area contributed by atoms with Gasteiger partial charge in [-0.25, -0.2) is 0 Å². The van der Waals surface area contributed by atoms with Crippen LogP contribution >= 0.6 is 0 Å². The van der Waals surface area contributed by atoms with Gasteiger partial charge in [-0.1, -0.05) is 24.3 Å². The molecule has 3 rings (SSSR count). The first-order chi connectivity index (χ1) is 7.27. The molecule has 1 aliphatic rings. The Morgan fingerprint density at radius 3 is 2.80 bits per heavy atom. The summed E-state index contributed by atoms with van der Waals surface area (Å²) >= 11 is 0. The molecule has 0 spiro atoms. The van der Waals surface area contributed by atoms with Crippen molar-refractivity contribution < 1.29 is 10.2 Å². The zero-order valence-electron chi connectivity index (χ0n) is 8.01. The Morgan fingerprint density at radius 2 is 1.93 bits per heavy atom. The molecule has 1 aromatic heterocycles. The molecule has 15 heavy (non-hydrogen) atoms. The van der Waals surface area contributed by atoms with Gasteiger partial charge in [-0.3, -0.25) is 0 Å². The highest BCUT2D eigenvalue weighted by molar-refractivity contribution is 5.88. The number of para-hydroxylation sites is 1. The minimum absolute atomic E-state index is 0.792. The topological polar surface area (TPSA) is 56.2 Å². The molecule has 1 heterocycles. The molecule has 3 heteroatoms. The van der Waals surface area contributed by atoms with Crippen LogP contribution in [0.3, 0.4) is 0 Å². The van der Waals surface area contributed by atoms with Crippen molar-refractivity contribution in [2.24, 2.45) is 0 Å². The second-order valence-corrected chi connectivity index (χ2v) is 3.79. The van der Waals surface area contributed by atoms with E-state index in [1.54, 1.807) is 6.08 Å². The van der Waals surface area contributed by atoms with Gasteiger partial charge in [0.15, 0.2) is 0 Å². The van der Waals surface area contributed by atoms with E-state index in [0.717, 1.165) is 22.2 Å². The van der Waals surface area contributed by atoms with Crippen molar-refractivity contribution in [2.75, 3.05) is 0 Å². The molecule has 3 N–H and O–H groups in total. The number of benzene rings is 1. The summed E-state index contributed by atoms with van der Waals surface area (Å²) in [5.74, 6) is 0. The summed E-state index contributed by atoms with van der Waals surface area (Å²) in [6.07, 6.45) is 1.77. The largest absolute Gasteiger partial charge is 0.386 e. The summed E-state index contributed by atoms with van der Waals surface area (Å²) in [6.45, 7) is 0. The fourth-order valence-electron chi connectivity index (χ4n) is 2.11. The van der Waals surface area contributed by atoms with Gasteiger partial charge in [0.25, 0.3) is 0 Å². The lowest BCUT2D eigenvalue weighted by Crippen LogP contribution is -2.18. The Labute approximate surface area is 86.7 Å². The van der Waals surface area contributed by atoms with E-state index in [4.69, 9.17) is 0 Å². The van der Waals surface area contributed by atoms with Crippen LogP contribution in [-0.2, 0) is 0 Å². The zero-order chi connectivity index (χ0) is 10.4. The zero-order valence-corrected chi connectivity index (χ0v) is 8.01. The van der Waals surface area contributed by atoms with Crippen molar-refractivity contribution in [3.8, 4) is 0 Å². The van der Waals surface area contributed by atoms with Crippen LogP contribution in [0.25, 0.3) is 17.0 Å². The monoisotopic (exact) mass is 201 g/mol. The number of hydrogen-bond donors (Lipinski definition) is 3. The molecule has 2 unspecified atom stereocenters. The number of aliphatic hydroxyl groups is 2. The SMILES string of the molecule is OC1C=Cc2[nH]c3ccccc3c2C1O. The van der Waals surface area contributed by atoms with E-state index in [0.29, 0.717) is 0 Å². The molecular formula is C12H11NO2. The Balaban J connectivity index is 2.35. The lowest BCUT2D eigenvalue weighted by molar-refractivity contribution is 0.0479. The molecule has 1 aliphatic carbocycles. The molecule has 76 valence electrons. The van der Waals surface area contributed by atoms with E-state index < -0.39 is 12.2 Å². The van der Waals surface area contributed by atoms with Crippen molar-refractivity contribution in [2.45, 2.75) is 12.2 Å². The molecule has 2 aromatic rings. The molecular weight excluding hydrogens is 190 g/mol. The van der Waals surface area contributed by atoms with Crippen LogP contribution in [0.5, 0.6) is 0 Å². The smallest absolute Gasteiger partial charge is 0.111 e. The summed E-state index contributed by atoms with van der Waals surface area (Å²) in [6, 6.07) is 7.77. The number of H-pyrrole nitrogens is 1. The molecule has 2 atom stereocenters. The van der Waals surface area contributed by atoms with E-state index in [1.807, 2.05) is 30.3 Å². The molecule has 0 fully saturated rings. The Morgan fingerprint density at radius 1 is 1.13 bits per heavy atom. The highest BCUT2D eigenvalue weighted by atomic mass is 16.3. The molecule has 3 nitrogen and oxygen atoms in total. The molecule has 1 aromatic carbocycles. The third-order valence-corrected chi connectivity index (χ3v) is 2.86. The van der Waals surface area contributed by atoms with Gasteiger partial charge in [-0.15, -0.1) is 0 Å². The van der Waals surface area contributed by atoms with E-state index in [2.05, 4.69) is 4.98 Å². The average molecular weight is 201 g/mol. The maximum atomic E-state index is 9.90. The minimum atomic E-state index is -0.832. The second-order valence-electron chi connectivity index (χ2n) is 3.79. The van der Waals surface area contributed by atoms with Gasteiger partial charge in [0.1, 0.15) is 12.2 Å². The van der Waals surface area contributed by atoms with Gasteiger partial charge in [-0.05, 0) is 12.1 Å².